The molecular weight excluding hydrogens is 384 g/mol. The third-order valence-corrected chi connectivity index (χ3v) is 6.28. The molecule has 1 unspecified atom stereocenters. The van der Waals surface area contributed by atoms with E-state index in [9.17, 15) is 19.5 Å². The number of hydrogen-bond acceptors (Lipinski definition) is 5. The van der Waals surface area contributed by atoms with E-state index in [1.807, 2.05) is 13.8 Å². The van der Waals surface area contributed by atoms with Crippen LogP contribution in [0.25, 0.3) is 0 Å². The second-order valence-corrected chi connectivity index (χ2v) is 9.22. The average Bonchev–Trinajstić information content (AvgIpc) is 3.29. The molecule has 1 saturated carbocycles. The van der Waals surface area contributed by atoms with Crippen LogP contribution in [0, 0.1) is 5.41 Å². The second-order valence-electron chi connectivity index (χ2n) is 9.22. The number of carbonyl (C=O) groups is 3. The number of amides is 2. The van der Waals surface area contributed by atoms with Gasteiger partial charge >= 0.3 is 0 Å². The first kappa shape index (κ1) is 22.3. The largest absolute Gasteiger partial charge is 0.508 e. The van der Waals surface area contributed by atoms with Crippen molar-refractivity contribution in [3.05, 3.63) is 29.3 Å². The first-order chi connectivity index (χ1) is 14.2. The number of phenols is 1. The summed E-state index contributed by atoms with van der Waals surface area (Å²) in [5.41, 5.74) is 1.05. The van der Waals surface area contributed by atoms with Crippen LogP contribution < -0.4 is 10.6 Å². The lowest BCUT2D eigenvalue weighted by atomic mass is 9.81. The molecule has 0 spiro atoms. The molecule has 1 saturated heterocycles. The topological polar surface area (TPSA) is 105 Å². The zero-order chi connectivity index (χ0) is 21.9. The number of nitrogens with one attached hydrogen (secondary N) is 2. The third-order valence-electron chi connectivity index (χ3n) is 6.28. The van der Waals surface area contributed by atoms with E-state index in [0.29, 0.717) is 17.5 Å². The van der Waals surface area contributed by atoms with Crippen molar-refractivity contribution in [1.82, 2.24) is 10.6 Å². The molecule has 2 atom stereocenters. The Kier molecular flexibility index (Phi) is 6.81. The van der Waals surface area contributed by atoms with E-state index in [1.54, 1.807) is 12.1 Å². The Hall–Kier alpha value is -2.41. The summed E-state index contributed by atoms with van der Waals surface area (Å²) >= 11 is 0. The van der Waals surface area contributed by atoms with E-state index in [1.165, 1.54) is 6.07 Å². The molecule has 1 aromatic rings. The lowest BCUT2D eigenvalue weighted by Gasteiger charge is -2.29. The van der Waals surface area contributed by atoms with Crippen LogP contribution in [-0.2, 0) is 14.3 Å². The third kappa shape index (κ3) is 5.19. The van der Waals surface area contributed by atoms with Gasteiger partial charge in [-0.2, -0.15) is 0 Å². The standard InChI is InChI=1S/C23H32N2O5/c1-14(2)16-10-15(6-7-19(16)26)21(28)24-17(11-23(3)8-4-5-9-23)22(29)25-18-12-30-13-20(18)27/h6-7,10,14,17-18,26H,4-5,8-9,11-13H2,1-3H3,(H,24,28)(H,25,29)/t17?,18-/m0/s1. The highest BCUT2D eigenvalue weighted by molar-refractivity contribution is 5.99. The number of phenolic OH excluding ortho intramolecular Hbond substituents is 1. The predicted molar refractivity (Wildman–Crippen MR) is 112 cm³/mol. The minimum absolute atomic E-state index is 0.00513. The molecule has 0 aromatic heterocycles. The maximum atomic E-state index is 13.0. The van der Waals surface area contributed by atoms with E-state index in [2.05, 4.69) is 17.6 Å². The highest BCUT2D eigenvalue weighted by atomic mass is 16.5. The molecule has 1 heterocycles. The number of ether oxygens (including phenoxy) is 1. The summed E-state index contributed by atoms with van der Waals surface area (Å²) in [6.45, 7) is 6.19. The predicted octanol–water partition coefficient (Wildman–Crippen LogP) is 2.67. The van der Waals surface area contributed by atoms with Crippen molar-refractivity contribution in [3.8, 4) is 5.75 Å². The van der Waals surface area contributed by atoms with Gasteiger partial charge in [0.05, 0.1) is 6.61 Å². The lowest BCUT2D eigenvalue weighted by Crippen LogP contribution is -2.52. The Balaban J connectivity index is 1.77. The molecule has 7 heteroatoms. The molecule has 2 fully saturated rings. The highest BCUT2D eigenvalue weighted by Crippen LogP contribution is 2.41. The SMILES string of the molecule is CC(C)c1cc(C(=O)NC(CC2(C)CCCC2)C(=O)N[C@H]2COCC2=O)ccc1O. The molecule has 1 aliphatic carbocycles. The maximum absolute atomic E-state index is 13.0. The summed E-state index contributed by atoms with van der Waals surface area (Å²) < 4.78 is 5.13. The van der Waals surface area contributed by atoms with Gasteiger partial charge in [0.1, 0.15) is 24.4 Å². The molecule has 1 aromatic carbocycles. The first-order valence-corrected chi connectivity index (χ1v) is 10.7. The molecule has 30 heavy (non-hydrogen) atoms. The fraction of sp³-hybridized carbons (Fsp3) is 0.609. The second kappa shape index (κ2) is 9.16. The van der Waals surface area contributed by atoms with Crippen molar-refractivity contribution in [2.24, 2.45) is 5.41 Å². The van der Waals surface area contributed by atoms with Gasteiger partial charge < -0.3 is 20.5 Å². The maximum Gasteiger partial charge on any atom is 0.251 e. The highest BCUT2D eigenvalue weighted by Gasteiger charge is 2.37. The minimum atomic E-state index is -0.745. The van der Waals surface area contributed by atoms with Gasteiger partial charge in [-0.15, -0.1) is 0 Å². The molecule has 164 valence electrons. The van der Waals surface area contributed by atoms with Crippen molar-refractivity contribution in [2.75, 3.05) is 13.2 Å². The van der Waals surface area contributed by atoms with Crippen molar-refractivity contribution in [1.29, 1.82) is 0 Å². The van der Waals surface area contributed by atoms with E-state index in [-0.39, 0.29) is 47.9 Å². The van der Waals surface area contributed by atoms with Crippen LogP contribution in [0.5, 0.6) is 5.75 Å². The van der Waals surface area contributed by atoms with Crippen LogP contribution in [0.4, 0.5) is 0 Å². The zero-order valence-corrected chi connectivity index (χ0v) is 18.0. The Morgan fingerprint density at radius 1 is 1.27 bits per heavy atom. The van der Waals surface area contributed by atoms with Crippen LogP contribution in [-0.4, -0.2) is 48.0 Å². The van der Waals surface area contributed by atoms with E-state index >= 15 is 0 Å². The van der Waals surface area contributed by atoms with Gasteiger partial charge in [0.2, 0.25) is 5.91 Å². The van der Waals surface area contributed by atoms with Crippen molar-refractivity contribution in [2.45, 2.75) is 70.9 Å². The number of aromatic hydroxyl groups is 1. The fourth-order valence-corrected chi connectivity index (χ4v) is 4.40. The van der Waals surface area contributed by atoms with Crippen LogP contribution >= 0.6 is 0 Å². The summed E-state index contributed by atoms with van der Waals surface area (Å²) in [5, 5.41) is 15.6. The summed E-state index contributed by atoms with van der Waals surface area (Å²) in [6, 6.07) is 3.32. The normalized spacial score (nSPS) is 21.6. The van der Waals surface area contributed by atoms with Gasteiger partial charge in [0, 0.05) is 5.56 Å². The van der Waals surface area contributed by atoms with Crippen LogP contribution in [0.15, 0.2) is 18.2 Å². The number of carbonyl (C=O) groups excluding carboxylic acids is 3. The Labute approximate surface area is 177 Å². The van der Waals surface area contributed by atoms with Gasteiger partial charge in [-0.05, 0) is 54.4 Å². The smallest absolute Gasteiger partial charge is 0.251 e. The molecule has 3 rings (SSSR count). The summed E-state index contributed by atoms with van der Waals surface area (Å²) in [4.78, 5) is 37.8. The van der Waals surface area contributed by atoms with Gasteiger partial charge in [0.25, 0.3) is 5.91 Å². The minimum Gasteiger partial charge on any atom is -0.508 e. The van der Waals surface area contributed by atoms with Crippen LogP contribution in [0.1, 0.15) is 74.7 Å². The quantitative estimate of drug-likeness (QED) is 0.634. The van der Waals surface area contributed by atoms with Crippen molar-refractivity contribution >= 4 is 17.6 Å². The van der Waals surface area contributed by atoms with E-state index in [0.717, 1.165) is 25.7 Å². The molecule has 2 aliphatic rings. The van der Waals surface area contributed by atoms with E-state index in [4.69, 9.17) is 4.74 Å². The molecule has 2 amide bonds. The number of benzene rings is 1. The number of hydrogen-bond donors (Lipinski definition) is 3. The monoisotopic (exact) mass is 416 g/mol. The number of rotatable bonds is 7. The van der Waals surface area contributed by atoms with Crippen LogP contribution in [0.2, 0.25) is 0 Å². The van der Waals surface area contributed by atoms with Crippen molar-refractivity contribution < 1.29 is 24.2 Å². The first-order valence-electron chi connectivity index (χ1n) is 10.7. The molecule has 1 aliphatic heterocycles. The molecule has 0 radical (unpaired) electrons. The molecule has 0 bridgehead atoms. The van der Waals surface area contributed by atoms with Gasteiger partial charge in [0.15, 0.2) is 5.78 Å². The summed E-state index contributed by atoms with van der Waals surface area (Å²) in [6.07, 6.45) is 4.76. The zero-order valence-electron chi connectivity index (χ0n) is 18.0. The Morgan fingerprint density at radius 2 is 1.97 bits per heavy atom. The fourth-order valence-electron chi connectivity index (χ4n) is 4.40. The Bertz CT molecular complexity index is 814. The van der Waals surface area contributed by atoms with Gasteiger partial charge in [-0.25, -0.2) is 0 Å². The summed E-state index contributed by atoms with van der Waals surface area (Å²) in [7, 11) is 0. The lowest BCUT2D eigenvalue weighted by molar-refractivity contribution is -0.127. The number of ketones is 1. The average molecular weight is 417 g/mol. The molecule has 7 nitrogen and oxygen atoms in total. The number of Topliss-reactive ketones (excluding diaryl/α,β-unsaturated/α-hetero) is 1. The molecular formula is C23H32N2O5. The summed E-state index contributed by atoms with van der Waals surface area (Å²) in [5.74, 6) is -0.673. The molecule has 3 N–H and O–H groups in total. The van der Waals surface area contributed by atoms with Gasteiger partial charge in [-0.1, -0.05) is 33.6 Å². The van der Waals surface area contributed by atoms with Crippen molar-refractivity contribution in [3.63, 3.8) is 0 Å². The Morgan fingerprint density at radius 3 is 2.57 bits per heavy atom. The van der Waals surface area contributed by atoms with Gasteiger partial charge in [-0.3, -0.25) is 14.4 Å². The van der Waals surface area contributed by atoms with E-state index < -0.39 is 12.1 Å². The van der Waals surface area contributed by atoms with Crippen LogP contribution in [0.3, 0.4) is 0 Å².